The normalized spacial score (nSPS) is 34.1. The van der Waals surface area contributed by atoms with Crippen LogP contribution in [0.25, 0.3) is 0 Å². The van der Waals surface area contributed by atoms with Crippen molar-refractivity contribution in [2.24, 2.45) is 0 Å². The number of fused-ring (bicyclic) bond motifs is 1. The summed E-state index contributed by atoms with van der Waals surface area (Å²) in [6.45, 7) is 4.11. The fourth-order valence-electron chi connectivity index (χ4n) is 4.17. The zero-order valence-corrected chi connectivity index (χ0v) is 16.9. The van der Waals surface area contributed by atoms with E-state index < -0.39 is 30.4 Å². The van der Waals surface area contributed by atoms with Gasteiger partial charge in [0.2, 0.25) is 0 Å². The van der Waals surface area contributed by atoms with Crippen molar-refractivity contribution in [2.45, 2.75) is 63.0 Å². The van der Waals surface area contributed by atoms with Crippen molar-refractivity contribution in [3.05, 3.63) is 66.2 Å². The van der Waals surface area contributed by atoms with E-state index in [2.05, 4.69) is 5.32 Å². The number of benzene rings is 2. The number of rotatable bonds is 6. The highest BCUT2D eigenvalue weighted by Crippen LogP contribution is 2.41. The van der Waals surface area contributed by atoms with Crippen LogP contribution in [0.15, 0.2) is 60.7 Å². The molecule has 7 heteroatoms. The summed E-state index contributed by atoms with van der Waals surface area (Å²) in [5, 5.41) is 2.91. The molecule has 30 heavy (non-hydrogen) atoms. The summed E-state index contributed by atoms with van der Waals surface area (Å²) >= 11 is 0. The van der Waals surface area contributed by atoms with Crippen LogP contribution in [-0.4, -0.2) is 48.4 Å². The molecule has 0 bridgehead atoms. The molecular formula is C23H25NO6. The predicted octanol–water partition coefficient (Wildman–Crippen LogP) is 2.39. The maximum Gasteiger partial charge on any atom is 0.263 e. The number of carbonyl (C=O) groups is 1. The molecule has 3 heterocycles. The van der Waals surface area contributed by atoms with Crippen LogP contribution in [0.1, 0.15) is 19.4 Å². The van der Waals surface area contributed by atoms with Crippen LogP contribution in [0, 0.1) is 0 Å². The van der Waals surface area contributed by atoms with E-state index >= 15 is 0 Å². The molecule has 3 aliphatic rings. The molecule has 3 saturated heterocycles. The van der Waals surface area contributed by atoms with Gasteiger partial charge in [0.25, 0.3) is 5.91 Å². The lowest BCUT2D eigenvalue weighted by Crippen LogP contribution is -2.71. The molecule has 1 amide bonds. The second-order valence-corrected chi connectivity index (χ2v) is 8.22. The van der Waals surface area contributed by atoms with E-state index in [0.29, 0.717) is 12.4 Å². The number of amides is 1. The Morgan fingerprint density at radius 3 is 2.37 bits per heavy atom. The van der Waals surface area contributed by atoms with Crippen molar-refractivity contribution < 1.29 is 28.5 Å². The van der Waals surface area contributed by atoms with E-state index in [9.17, 15) is 4.79 Å². The summed E-state index contributed by atoms with van der Waals surface area (Å²) in [5.74, 6) is -0.290. The van der Waals surface area contributed by atoms with Gasteiger partial charge in [0.1, 0.15) is 30.1 Å². The molecule has 6 atom stereocenters. The van der Waals surface area contributed by atoms with Crippen LogP contribution < -0.4 is 10.1 Å². The second kappa shape index (κ2) is 7.67. The quantitative estimate of drug-likeness (QED) is 0.736. The minimum atomic E-state index is -0.753. The molecule has 7 nitrogen and oxygen atoms in total. The van der Waals surface area contributed by atoms with Gasteiger partial charge in [-0.15, -0.1) is 0 Å². The van der Waals surface area contributed by atoms with Gasteiger partial charge in [-0.2, -0.15) is 0 Å². The van der Waals surface area contributed by atoms with Gasteiger partial charge >= 0.3 is 0 Å². The van der Waals surface area contributed by atoms with Crippen molar-refractivity contribution in [3.63, 3.8) is 0 Å². The van der Waals surface area contributed by atoms with Crippen molar-refractivity contribution in [3.8, 4) is 5.75 Å². The second-order valence-electron chi connectivity index (χ2n) is 8.22. The molecule has 0 saturated carbocycles. The molecule has 3 aliphatic heterocycles. The Labute approximate surface area is 175 Å². The molecule has 0 aliphatic carbocycles. The van der Waals surface area contributed by atoms with Gasteiger partial charge in [-0.25, -0.2) is 0 Å². The lowest BCUT2D eigenvalue weighted by atomic mass is 9.92. The monoisotopic (exact) mass is 411 g/mol. The number of β-lactam (4-membered cyclic amide) rings is 1. The smallest absolute Gasteiger partial charge is 0.263 e. The van der Waals surface area contributed by atoms with E-state index in [4.69, 9.17) is 23.7 Å². The number of para-hydroxylation sites is 1. The minimum Gasteiger partial charge on any atom is -0.478 e. The molecule has 0 unspecified atom stereocenters. The fourth-order valence-corrected chi connectivity index (χ4v) is 4.17. The molecule has 3 fully saturated rings. The summed E-state index contributed by atoms with van der Waals surface area (Å²) in [7, 11) is 0. The van der Waals surface area contributed by atoms with Crippen molar-refractivity contribution in [1.29, 1.82) is 0 Å². The number of nitrogens with one attached hydrogen (secondary N) is 1. The van der Waals surface area contributed by atoms with Crippen LogP contribution in [0.2, 0.25) is 0 Å². The topological polar surface area (TPSA) is 75.3 Å². The fraction of sp³-hybridized carbons (Fsp3) is 0.435. The Balaban J connectivity index is 1.34. The number of ether oxygens (including phenoxy) is 5. The Morgan fingerprint density at radius 1 is 0.967 bits per heavy atom. The zero-order valence-electron chi connectivity index (χ0n) is 16.9. The molecule has 158 valence electrons. The van der Waals surface area contributed by atoms with Crippen LogP contribution in [0.5, 0.6) is 5.75 Å². The van der Waals surface area contributed by atoms with Gasteiger partial charge in [0.05, 0.1) is 6.61 Å². The number of hydrogen-bond acceptors (Lipinski definition) is 6. The van der Waals surface area contributed by atoms with E-state index in [1.807, 2.05) is 74.5 Å². The van der Waals surface area contributed by atoms with Gasteiger partial charge in [-0.1, -0.05) is 48.5 Å². The number of carbonyl (C=O) groups excluding carboxylic acids is 1. The van der Waals surface area contributed by atoms with E-state index in [-0.39, 0.29) is 18.1 Å². The van der Waals surface area contributed by atoms with Gasteiger partial charge in [-0.3, -0.25) is 4.79 Å². The Morgan fingerprint density at radius 2 is 1.67 bits per heavy atom. The molecule has 0 spiro atoms. The van der Waals surface area contributed by atoms with Crippen molar-refractivity contribution in [2.75, 3.05) is 0 Å². The van der Waals surface area contributed by atoms with Crippen molar-refractivity contribution >= 4 is 5.91 Å². The third kappa shape index (κ3) is 3.70. The van der Waals surface area contributed by atoms with Crippen molar-refractivity contribution in [1.82, 2.24) is 5.32 Å². The summed E-state index contributed by atoms with van der Waals surface area (Å²) in [4.78, 5) is 12.2. The largest absolute Gasteiger partial charge is 0.478 e. The first-order valence-electron chi connectivity index (χ1n) is 10.2. The zero-order chi connectivity index (χ0) is 20.7. The highest BCUT2D eigenvalue weighted by atomic mass is 16.8. The average Bonchev–Trinajstić information content (AvgIpc) is 3.21. The van der Waals surface area contributed by atoms with Crippen LogP contribution in [0.3, 0.4) is 0 Å². The Hall–Kier alpha value is -2.45. The maximum absolute atomic E-state index is 12.2. The van der Waals surface area contributed by atoms with Crippen LogP contribution >= 0.6 is 0 Å². The molecule has 2 aromatic carbocycles. The Kier molecular flexibility index (Phi) is 4.99. The summed E-state index contributed by atoms with van der Waals surface area (Å²) < 4.78 is 30.4. The molecule has 5 rings (SSSR count). The van der Waals surface area contributed by atoms with Gasteiger partial charge < -0.3 is 29.0 Å². The number of hydrogen-bond donors (Lipinski definition) is 1. The van der Waals surface area contributed by atoms with Crippen LogP contribution in [-0.2, 0) is 30.3 Å². The van der Waals surface area contributed by atoms with Gasteiger partial charge in [0.15, 0.2) is 18.2 Å². The first-order valence-corrected chi connectivity index (χ1v) is 10.2. The molecule has 2 aromatic rings. The average molecular weight is 411 g/mol. The molecule has 0 aromatic heterocycles. The van der Waals surface area contributed by atoms with E-state index in [0.717, 1.165) is 5.56 Å². The maximum atomic E-state index is 12.2. The minimum absolute atomic E-state index is 0.173. The highest BCUT2D eigenvalue weighted by molar-refractivity contribution is 5.89. The Bertz CT molecular complexity index is 889. The predicted molar refractivity (Wildman–Crippen MR) is 107 cm³/mol. The highest BCUT2D eigenvalue weighted by Gasteiger charge is 2.61. The molecule has 0 radical (unpaired) electrons. The third-order valence-electron chi connectivity index (χ3n) is 5.57. The van der Waals surface area contributed by atoms with E-state index in [1.165, 1.54) is 0 Å². The SMILES string of the molecule is CC1(C)O[C@@H]2O[C@H]([C@@H]3NC(=O)[C@@H]3Oc3ccccc3)[C@H](OCc3ccccc3)[C@@H]2O1. The first-order chi connectivity index (χ1) is 14.5. The molecule has 1 N–H and O–H groups in total. The standard InChI is InChI=1S/C23H25NO6/c1-23(2)29-20-19(26-13-14-9-5-3-6-10-14)17(28-22(20)30-23)16-18(21(25)24-16)27-15-11-7-4-8-12-15/h3-12,16-20,22H,13H2,1-2H3,(H,24,25)/t16-,17+,18+,19-,20-,22-/m0/s1. The summed E-state index contributed by atoms with van der Waals surface area (Å²) in [6, 6.07) is 18.8. The molecular weight excluding hydrogens is 386 g/mol. The van der Waals surface area contributed by atoms with Crippen LogP contribution in [0.4, 0.5) is 0 Å². The third-order valence-corrected chi connectivity index (χ3v) is 5.57. The lowest BCUT2D eigenvalue weighted by Gasteiger charge is -2.41. The summed E-state index contributed by atoms with van der Waals surface area (Å²) in [6.07, 6.45) is -2.47. The first kappa shape index (κ1) is 19.5. The van der Waals surface area contributed by atoms with Gasteiger partial charge in [0, 0.05) is 0 Å². The van der Waals surface area contributed by atoms with E-state index in [1.54, 1.807) is 0 Å². The summed E-state index contributed by atoms with van der Waals surface area (Å²) in [5.41, 5.74) is 1.05. The van der Waals surface area contributed by atoms with Gasteiger partial charge in [-0.05, 0) is 31.5 Å². The lowest BCUT2D eigenvalue weighted by molar-refractivity contribution is -0.228.